The van der Waals surface area contributed by atoms with Crippen LogP contribution in [0.2, 0.25) is 5.02 Å². The molecule has 0 saturated carbocycles. The summed E-state index contributed by atoms with van der Waals surface area (Å²) in [5, 5.41) is 0.491. The molecular weight excluding hydrogens is 282 g/mol. The summed E-state index contributed by atoms with van der Waals surface area (Å²) < 4.78 is 9.68. The number of esters is 2. The number of hydrogen-bond acceptors (Lipinski definition) is 5. The number of aliphatic imine (C=N–C) groups is 1. The number of benzene rings is 1. The van der Waals surface area contributed by atoms with E-state index in [0.29, 0.717) is 10.7 Å². The molecule has 0 amide bonds. The fourth-order valence-electron chi connectivity index (χ4n) is 1.42. The number of nitrogens with zero attached hydrogens (tertiary/aromatic N) is 1. The maximum atomic E-state index is 11.8. The highest BCUT2D eigenvalue weighted by Gasteiger charge is 2.18. The average molecular weight is 298 g/mol. The predicted molar refractivity (Wildman–Crippen MR) is 76.4 cm³/mol. The molecule has 6 heteroatoms. The normalized spacial score (nSPS) is 11.1. The van der Waals surface area contributed by atoms with E-state index in [1.54, 1.807) is 38.1 Å². The van der Waals surface area contributed by atoms with Gasteiger partial charge in [0.05, 0.1) is 25.3 Å². The van der Waals surface area contributed by atoms with E-state index in [9.17, 15) is 9.59 Å². The number of rotatable bonds is 6. The Balaban J connectivity index is 2.97. The highest BCUT2D eigenvalue weighted by molar-refractivity contribution is 6.40. The maximum absolute atomic E-state index is 11.8. The van der Waals surface area contributed by atoms with Gasteiger partial charge in [0.15, 0.2) is 0 Å². The van der Waals surface area contributed by atoms with Gasteiger partial charge in [-0.15, -0.1) is 0 Å². The van der Waals surface area contributed by atoms with Gasteiger partial charge >= 0.3 is 11.9 Å². The zero-order valence-corrected chi connectivity index (χ0v) is 12.1. The zero-order chi connectivity index (χ0) is 15.0. The summed E-state index contributed by atoms with van der Waals surface area (Å²) in [7, 11) is 0. The van der Waals surface area contributed by atoms with Crippen LogP contribution in [0.1, 0.15) is 20.3 Å². The summed E-state index contributed by atoms with van der Waals surface area (Å²) in [5.74, 6) is -1.16. The molecule has 20 heavy (non-hydrogen) atoms. The van der Waals surface area contributed by atoms with E-state index < -0.39 is 11.9 Å². The Morgan fingerprint density at radius 2 is 1.90 bits per heavy atom. The molecule has 0 fully saturated rings. The van der Waals surface area contributed by atoms with Crippen molar-refractivity contribution in [1.82, 2.24) is 0 Å². The van der Waals surface area contributed by atoms with Crippen LogP contribution >= 0.6 is 11.6 Å². The van der Waals surface area contributed by atoms with E-state index in [1.807, 2.05) is 0 Å². The molecule has 1 aromatic rings. The molecule has 0 spiro atoms. The van der Waals surface area contributed by atoms with E-state index in [2.05, 4.69) is 4.99 Å². The van der Waals surface area contributed by atoms with E-state index in [4.69, 9.17) is 21.1 Å². The molecule has 108 valence electrons. The van der Waals surface area contributed by atoms with Crippen molar-refractivity contribution in [3.63, 3.8) is 0 Å². The van der Waals surface area contributed by atoms with Gasteiger partial charge in [-0.1, -0.05) is 17.7 Å². The molecule has 0 saturated heterocycles. The quantitative estimate of drug-likeness (QED) is 0.598. The molecule has 0 aliphatic carbocycles. The first-order valence-electron chi connectivity index (χ1n) is 6.22. The molecule has 5 nitrogen and oxygen atoms in total. The lowest BCUT2D eigenvalue weighted by Gasteiger charge is -2.06. The lowest BCUT2D eigenvalue weighted by molar-refractivity contribution is -0.143. The predicted octanol–water partition coefficient (Wildman–Crippen LogP) is 2.93. The van der Waals surface area contributed by atoms with Gasteiger partial charge in [-0.25, -0.2) is 9.79 Å². The fraction of sp³-hybridized carbons (Fsp3) is 0.357. The lowest BCUT2D eigenvalue weighted by atomic mass is 10.2. The highest BCUT2D eigenvalue weighted by Crippen LogP contribution is 2.18. The van der Waals surface area contributed by atoms with Crippen LogP contribution in [0, 0.1) is 0 Å². The number of carbonyl (C=O) groups excluding carboxylic acids is 2. The Morgan fingerprint density at radius 1 is 1.20 bits per heavy atom. The van der Waals surface area contributed by atoms with E-state index in [1.165, 1.54) is 0 Å². The van der Waals surface area contributed by atoms with Crippen LogP contribution in [-0.2, 0) is 19.1 Å². The summed E-state index contributed by atoms with van der Waals surface area (Å²) in [6.07, 6.45) is -0.237. The van der Waals surface area contributed by atoms with Crippen molar-refractivity contribution in [2.45, 2.75) is 20.3 Å². The van der Waals surface area contributed by atoms with Gasteiger partial charge in [-0.05, 0) is 32.0 Å². The smallest absolute Gasteiger partial charge is 0.353 e. The van der Waals surface area contributed by atoms with Crippen LogP contribution in [0.5, 0.6) is 0 Å². The van der Waals surface area contributed by atoms with Crippen LogP contribution in [-0.4, -0.2) is 30.9 Å². The second-order valence-electron chi connectivity index (χ2n) is 3.74. The van der Waals surface area contributed by atoms with Crippen LogP contribution in [0.15, 0.2) is 29.3 Å². The summed E-state index contributed by atoms with van der Waals surface area (Å²) in [4.78, 5) is 27.4. The number of ether oxygens (including phenoxy) is 2. The van der Waals surface area contributed by atoms with Crippen molar-refractivity contribution in [2.24, 2.45) is 4.99 Å². The second kappa shape index (κ2) is 8.32. The Morgan fingerprint density at radius 3 is 2.50 bits per heavy atom. The van der Waals surface area contributed by atoms with Gasteiger partial charge < -0.3 is 9.47 Å². The molecule has 0 radical (unpaired) electrons. The topological polar surface area (TPSA) is 65.0 Å². The van der Waals surface area contributed by atoms with Gasteiger partial charge in [-0.3, -0.25) is 4.79 Å². The van der Waals surface area contributed by atoms with E-state index >= 15 is 0 Å². The largest absolute Gasteiger partial charge is 0.466 e. The number of carbonyl (C=O) groups is 2. The average Bonchev–Trinajstić information content (AvgIpc) is 2.38. The van der Waals surface area contributed by atoms with Gasteiger partial charge in [0.1, 0.15) is 5.71 Å². The molecular formula is C14H16ClNO4. The van der Waals surface area contributed by atoms with Crippen molar-refractivity contribution in [3.05, 3.63) is 29.3 Å². The molecule has 1 aromatic carbocycles. The number of halogens is 1. The van der Waals surface area contributed by atoms with Gasteiger partial charge in [0.25, 0.3) is 0 Å². The third-order valence-electron chi connectivity index (χ3n) is 2.20. The first-order valence-corrected chi connectivity index (χ1v) is 6.60. The minimum Gasteiger partial charge on any atom is -0.466 e. The Labute approximate surface area is 122 Å². The van der Waals surface area contributed by atoms with Crippen LogP contribution in [0.25, 0.3) is 0 Å². The maximum Gasteiger partial charge on any atom is 0.353 e. The van der Waals surface area contributed by atoms with Gasteiger partial charge in [0.2, 0.25) is 0 Å². The van der Waals surface area contributed by atoms with Gasteiger partial charge in [-0.2, -0.15) is 0 Å². The SMILES string of the molecule is CCOC(=O)CC(=Nc1cccc(Cl)c1)C(=O)OCC. The molecule has 0 aliphatic heterocycles. The summed E-state index contributed by atoms with van der Waals surface area (Å²) in [5.41, 5.74) is 0.470. The van der Waals surface area contributed by atoms with Crippen LogP contribution in [0.4, 0.5) is 5.69 Å². The Kier molecular flexibility index (Phi) is 6.73. The van der Waals surface area contributed by atoms with E-state index in [0.717, 1.165) is 0 Å². The minimum atomic E-state index is -0.638. The monoisotopic (exact) mass is 297 g/mol. The molecule has 0 aliphatic rings. The lowest BCUT2D eigenvalue weighted by Crippen LogP contribution is -2.22. The summed E-state index contributed by atoms with van der Waals surface area (Å²) in [6, 6.07) is 6.66. The zero-order valence-electron chi connectivity index (χ0n) is 11.4. The fourth-order valence-corrected chi connectivity index (χ4v) is 1.61. The first-order chi connectivity index (χ1) is 9.56. The minimum absolute atomic E-state index is 0.00688. The third kappa shape index (κ3) is 5.40. The summed E-state index contributed by atoms with van der Waals surface area (Å²) >= 11 is 5.85. The Bertz CT molecular complexity index is 514. The molecule has 0 aromatic heterocycles. The van der Waals surface area contributed by atoms with Gasteiger partial charge in [0, 0.05) is 5.02 Å². The highest BCUT2D eigenvalue weighted by atomic mass is 35.5. The molecule has 1 rings (SSSR count). The van der Waals surface area contributed by atoms with E-state index in [-0.39, 0.29) is 25.3 Å². The van der Waals surface area contributed by atoms with Crippen molar-refractivity contribution >= 4 is 34.9 Å². The molecule has 0 bridgehead atoms. The molecule has 0 heterocycles. The second-order valence-corrected chi connectivity index (χ2v) is 4.18. The van der Waals surface area contributed by atoms with Crippen molar-refractivity contribution in [2.75, 3.05) is 13.2 Å². The van der Waals surface area contributed by atoms with Crippen molar-refractivity contribution in [3.8, 4) is 0 Å². The third-order valence-corrected chi connectivity index (χ3v) is 2.44. The summed E-state index contributed by atoms with van der Waals surface area (Å²) in [6.45, 7) is 3.82. The molecule has 0 unspecified atom stereocenters. The van der Waals surface area contributed by atoms with Crippen molar-refractivity contribution in [1.29, 1.82) is 0 Å². The Hall–Kier alpha value is -1.88. The number of hydrogen-bond donors (Lipinski definition) is 0. The molecule has 0 N–H and O–H groups in total. The van der Waals surface area contributed by atoms with Crippen LogP contribution < -0.4 is 0 Å². The molecule has 0 atom stereocenters. The van der Waals surface area contributed by atoms with Crippen LogP contribution in [0.3, 0.4) is 0 Å². The first kappa shape index (κ1) is 16.2. The van der Waals surface area contributed by atoms with Crippen molar-refractivity contribution < 1.29 is 19.1 Å². The standard InChI is InChI=1S/C14H16ClNO4/c1-3-19-13(17)9-12(14(18)20-4-2)16-11-7-5-6-10(15)8-11/h5-8H,3-4,9H2,1-2H3.